The van der Waals surface area contributed by atoms with Crippen molar-refractivity contribution in [1.82, 2.24) is 0 Å². The van der Waals surface area contributed by atoms with E-state index in [-0.39, 0.29) is 5.92 Å². The van der Waals surface area contributed by atoms with E-state index in [0.717, 1.165) is 43.4 Å². The van der Waals surface area contributed by atoms with Crippen LogP contribution >= 0.6 is 0 Å². The molecule has 26 heavy (non-hydrogen) atoms. The molecule has 2 aliphatic rings. The highest BCUT2D eigenvalue weighted by Crippen LogP contribution is 2.45. The number of alkyl halides is 1. The van der Waals surface area contributed by atoms with Crippen LogP contribution in [0.15, 0.2) is 12.1 Å². The van der Waals surface area contributed by atoms with Gasteiger partial charge in [0.25, 0.3) is 0 Å². The van der Waals surface area contributed by atoms with Crippen molar-refractivity contribution in [3.63, 3.8) is 0 Å². The van der Waals surface area contributed by atoms with Crippen LogP contribution in [0.5, 0.6) is 5.75 Å². The van der Waals surface area contributed by atoms with Crippen LogP contribution in [0.4, 0.5) is 13.2 Å². The highest BCUT2D eigenvalue weighted by molar-refractivity contribution is 5.33. The van der Waals surface area contributed by atoms with Gasteiger partial charge >= 0.3 is 0 Å². The summed E-state index contributed by atoms with van der Waals surface area (Å²) in [5.74, 6) is 0.557. The van der Waals surface area contributed by atoms with Gasteiger partial charge < -0.3 is 4.74 Å². The molecule has 146 valence electrons. The third kappa shape index (κ3) is 4.55. The van der Waals surface area contributed by atoms with E-state index in [1.807, 2.05) is 0 Å². The molecule has 0 saturated heterocycles. The molecule has 0 aromatic heterocycles. The van der Waals surface area contributed by atoms with Gasteiger partial charge in [-0.05, 0) is 79.9 Å². The number of halogens is 3. The topological polar surface area (TPSA) is 9.23 Å². The smallest absolute Gasteiger partial charge is 0.228 e. The fourth-order valence-electron chi connectivity index (χ4n) is 5.29. The maximum atomic E-state index is 14.0. The van der Waals surface area contributed by atoms with E-state index in [0.29, 0.717) is 5.56 Å². The van der Waals surface area contributed by atoms with E-state index >= 15 is 0 Å². The number of hydrogen-bond donors (Lipinski definition) is 0. The summed E-state index contributed by atoms with van der Waals surface area (Å²) >= 11 is 0. The average molecular weight is 368 g/mol. The van der Waals surface area contributed by atoms with Crippen LogP contribution in [0.25, 0.3) is 0 Å². The summed E-state index contributed by atoms with van der Waals surface area (Å²) in [5, 5.41) is 0. The van der Waals surface area contributed by atoms with Crippen LogP contribution in [-0.4, -0.2) is 6.86 Å². The number of hydrogen-bond acceptors (Lipinski definition) is 1. The Labute approximate surface area is 155 Å². The molecular weight excluding hydrogens is 337 g/mol. The van der Waals surface area contributed by atoms with Gasteiger partial charge in [-0.3, -0.25) is 0 Å². The summed E-state index contributed by atoms with van der Waals surface area (Å²) in [6, 6.07) is 2.66. The first-order valence-electron chi connectivity index (χ1n) is 10.3. The fourth-order valence-corrected chi connectivity index (χ4v) is 5.29. The van der Waals surface area contributed by atoms with E-state index in [9.17, 15) is 13.2 Å². The molecule has 3 rings (SSSR count). The molecule has 0 unspecified atom stereocenters. The first-order valence-corrected chi connectivity index (χ1v) is 10.3. The highest BCUT2D eigenvalue weighted by Gasteiger charge is 2.31. The lowest BCUT2D eigenvalue weighted by Crippen LogP contribution is -2.25. The van der Waals surface area contributed by atoms with Gasteiger partial charge in [-0.25, -0.2) is 13.2 Å². The van der Waals surface area contributed by atoms with Gasteiger partial charge in [0.1, 0.15) is 0 Å². The highest BCUT2D eigenvalue weighted by atomic mass is 19.1. The van der Waals surface area contributed by atoms with Crippen LogP contribution < -0.4 is 4.74 Å². The summed E-state index contributed by atoms with van der Waals surface area (Å²) in [6.07, 6.45) is 12.4. The Morgan fingerprint density at radius 2 is 1.42 bits per heavy atom. The van der Waals surface area contributed by atoms with E-state index in [2.05, 4.69) is 11.7 Å². The summed E-state index contributed by atoms with van der Waals surface area (Å²) in [4.78, 5) is 0. The molecule has 0 bridgehead atoms. The van der Waals surface area contributed by atoms with E-state index in [4.69, 9.17) is 0 Å². The van der Waals surface area contributed by atoms with Crippen molar-refractivity contribution in [2.45, 2.75) is 77.0 Å². The molecule has 0 radical (unpaired) electrons. The zero-order valence-electron chi connectivity index (χ0n) is 15.8. The van der Waals surface area contributed by atoms with Crippen molar-refractivity contribution in [1.29, 1.82) is 0 Å². The van der Waals surface area contributed by atoms with Crippen molar-refractivity contribution in [2.24, 2.45) is 17.8 Å². The summed E-state index contributed by atoms with van der Waals surface area (Å²) in [5.41, 5.74) is 0.691. The monoisotopic (exact) mass is 368 g/mol. The minimum atomic E-state index is -1.22. The van der Waals surface area contributed by atoms with Gasteiger partial charge in [0.15, 0.2) is 17.4 Å². The molecule has 4 heteroatoms. The Kier molecular flexibility index (Phi) is 6.88. The quantitative estimate of drug-likeness (QED) is 0.518. The molecule has 2 saturated carbocycles. The molecule has 1 aromatic rings. The van der Waals surface area contributed by atoms with Crippen LogP contribution in [0.2, 0.25) is 0 Å². The van der Waals surface area contributed by atoms with Gasteiger partial charge in [0.05, 0.1) is 0 Å². The minimum Gasteiger partial charge on any atom is -0.457 e. The van der Waals surface area contributed by atoms with Crippen LogP contribution in [0.1, 0.15) is 82.6 Å². The van der Waals surface area contributed by atoms with Crippen LogP contribution in [0, 0.1) is 29.4 Å². The summed E-state index contributed by atoms with van der Waals surface area (Å²) in [6.45, 7) is 1.05. The molecule has 0 amide bonds. The third-order valence-corrected chi connectivity index (χ3v) is 6.72. The molecule has 0 heterocycles. The second-order valence-electron chi connectivity index (χ2n) is 8.25. The summed E-state index contributed by atoms with van der Waals surface area (Å²) < 4.78 is 44.6. The van der Waals surface area contributed by atoms with Gasteiger partial charge in [-0.2, -0.15) is 0 Å². The van der Waals surface area contributed by atoms with Gasteiger partial charge in [-0.15, -0.1) is 0 Å². The predicted molar refractivity (Wildman–Crippen MR) is 98.0 cm³/mol. The largest absolute Gasteiger partial charge is 0.457 e. The molecule has 0 atom stereocenters. The first kappa shape index (κ1) is 19.6. The van der Waals surface area contributed by atoms with Gasteiger partial charge in [-0.1, -0.05) is 32.6 Å². The van der Waals surface area contributed by atoms with E-state index in [1.165, 1.54) is 50.7 Å². The van der Waals surface area contributed by atoms with Crippen molar-refractivity contribution < 1.29 is 17.9 Å². The maximum Gasteiger partial charge on any atom is 0.228 e. The van der Waals surface area contributed by atoms with Crippen molar-refractivity contribution >= 4 is 0 Å². The van der Waals surface area contributed by atoms with Gasteiger partial charge in [0, 0.05) is 0 Å². The first-order chi connectivity index (χ1) is 12.6. The standard InChI is InChI=1S/C22H31F3O/c1-2-3-15-4-6-16(7-5-15)17-8-10-18(11-9-17)19-12-20(24)22(26-14-23)21(25)13-19/h12-13,15-18H,2-11,14H2,1H3. The third-order valence-electron chi connectivity index (χ3n) is 6.72. The lowest BCUT2D eigenvalue weighted by molar-refractivity contribution is 0.156. The Morgan fingerprint density at radius 3 is 1.92 bits per heavy atom. The Balaban J connectivity index is 1.54. The van der Waals surface area contributed by atoms with Crippen molar-refractivity contribution in [3.05, 3.63) is 29.3 Å². The van der Waals surface area contributed by atoms with Crippen molar-refractivity contribution in [3.8, 4) is 5.75 Å². The molecule has 1 aromatic carbocycles. The Hall–Kier alpha value is -1.19. The Bertz CT molecular complexity index is 550. The zero-order valence-corrected chi connectivity index (χ0v) is 15.8. The van der Waals surface area contributed by atoms with E-state index < -0.39 is 24.2 Å². The lowest BCUT2D eigenvalue weighted by atomic mass is 9.68. The second kappa shape index (κ2) is 9.14. The number of ether oxygens (including phenoxy) is 1. The Morgan fingerprint density at radius 1 is 0.885 bits per heavy atom. The molecular formula is C22H31F3O. The molecule has 2 aliphatic carbocycles. The molecule has 0 N–H and O–H groups in total. The number of rotatable bonds is 6. The summed E-state index contributed by atoms with van der Waals surface area (Å²) in [7, 11) is 0. The second-order valence-corrected chi connectivity index (χ2v) is 8.25. The minimum absolute atomic E-state index is 0.200. The number of benzene rings is 1. The van der Waals surface area contributed by atoms with Gasteiger partial charge in [0.2, 0.25) is 6.86 Å². The fraction of sp³-hybridized carbons (Fsp3) is 0.727. The normalized spacial score (nSPS) is 29.5. The van der Waals surface area contributed by atoms with Crippen LogP contribution in [-0.2, 0) is 0 Å². The SMILES string of the molecule is CCCC1CCC(C2CCC(c3cc(F)c(OCF)c(F)c3)CC2)CC1. The molecule has 2 fully saturated rings. The zero-order chi connectivity index (χ0) is 18.5. The van der Waals surface area contributed by atoms with E-state index in [1.54, 1.807) is 0 Å². The molecule has 1 nitrogen and oxygen atoms in total. The average Bonchev–Trinajstić information content (AvgIpc) is 2.66. The predicted octanol–water partition coefficient (Wildman–Crippen LogP) is 7.15. The van der Waals surface area contributed by atoms with Crippen LogP contribution in [0.3, 0.4) is 0 Å². The van der Waals surface area contributed by atoms with Crippen molar-refractivity contribution in [2.75, 3.05) is 6.86 Å². The maximum absolute atomic E-state index is 14.0. The molecule has 0 spiro atoms. The molecule has 0 aliphatic heterocycles. The lowest BCUT2D eigenvalue weighted by Gasteiger charge is -2.38.